The molecule has 51 heavy (non-hydrogen) atoms. The fourth-order valence-corrected chi connectivity index (χ4v) is 9.48. The van der Waals surface area contributed by atoms with Gasteiger partial charge in [0.1, 0.15) is 0 Å². The molecule has 3 aliphatic rings. The minimum Gasteiger partial charge on any atom is -0.376 e. The molecule has 7 aromatic carbocycles. The van der Waals surface area contributed by atoms with Gasteiger partial charge in [-0.15, -0.1) is 0 Å². The van der Waals surface area contributed by atoms with Crippen LogP contribution in [0.3, 0.4) is 0 Å². The largest absolute Gasteiger partial charge is 0.376 e. The van der Waals surface area contributed by atoms with E-state index in [4.69, 9.17) is 0 Å². The predicted molar refractivity (Wildman–Crippen MR) is 216 cm³/mol. The number of allylic oxidation sites excluding steroid dienone is 1. The third-order valence-corrected chi connectivity index (χ3v) is 11.5. The van der Waals surface area contributed by atoms with Gasteiger partial charge in [0.15, 0.2) is 0 Å². The van der Waals surface area contributed by atoms with Crippen molar-refractivity contribution in [3.8, 4) is 5.69 Å². The second-order valence-electron chi connectivity index (χ2n) is 14.5. The van der Waals surface area contributed by atoms with Crippen molar-refractivity contribution >= 4 is 73.6 Å². The van der Waals surface area contributed by atoms with Gasteiger partial charge >= 0.3 is 6.85 Å². The molecule has 0 saturated heterocycles. The molecular formula is C47H34BN3. The molecule has 240 valence electrons. The molecule has 3 heterocycles. The highest BCUT2D eigenvalue weighted by atomic mass is 15.1. The molecule has 0 radical (unpaired) electrons. The summed E-state index contributed by atoms with van der Waals surface area (Å²) >= 11 is 0. The molecule has 4 heteroatoms. The van der Waals surface area contributed by atoms with Gasteiger partial charge in [-0.1, -0.05) is 123 Å². The summed E-state index contributed by atoms with van der Waals surface area (Å²) in [5, 5.41) is 2.54. The lowest BCUT2D eigenvalue weighted by molar-refractivity contribution is 0.704. The first-order valence-electron chi connectivity index (χ1n) is 17.9. The summed E-state index contributed by atoms with van der Waals surface area (Å²) in [6.45, 7) is 4.83. The summed E-state index contributed by atoms with van der Waals surface area (Å²) in [6, 6.07) is 62.5. The summed E-state index contributed by atoms with van der Waals surface area (Å²) in [5.74, 6) is 0. The lowest BCUT2D eigenvalue weighted by atomic mass is 9.43. The van der Waals surface area contributed by atoms with Crippen LogP contribution in [0.2, 0.25) is 0 Å². The first-order valence-corrected chi connectivity index (χ1v) is 17.9. The molecule has 0 atom stereocenters. The van der Waals surface area contributed by atoms with Crippen LogP contribution >= 0.6 is 0 Å². The highest BCUT2D eigenvalue weighted by Crippen LogP contribution is 2.55. The second-order valence-corrected chi connectivity index (χ2v) is 14.5. The monoisotopic (exact) mass is 651 g/mol. The maximum atomic E-state index is 2.66. The van der Waals surface area contributed by atoms with Crippen LogP contribution in [0.1, 0.15) is 30.5 Å². The van der Waals surface area contributed by atoms with Gasteiger partial charge in [-0.25, -0.2) is 0 Å². The Morgan fingerprint density at radius 1 is 0.549 bits per heavy atom. The zero-order valence-electron chi connectivity index (χ0n) is 28.6. The second kappa shape index (κ2) is 10.4. The van der Waals surface area contributed by atoms with Crippen LogP contribution in [0.4, 0.5) is 22.7 Å². The first kappa shape index (κ1) is 28.6. The Bertz CT molecular complexity index is 2690. The van der Waals surface area contributed by atoms with E-state index in [0.29, 0.717) is 0 Å². The van der Waals surface area contributed by atoms with E-state index in [2.05, 4.69) is 198 Å². The normalized spacial score (nSPS) is 14.9. The summed E-state index contributed by atoms with van der Waals surface area (Å²) < 4.78 is 2.55. The Balaban J connectivity index is 1.22. The SMILES string of the molecule is CC1(C)C2=C(c3ccccc31)N(c1ccccc1)B1c3c2cccc3-n2c3ccc(N(c4ccccc4)c4ccccc4)cc3c3cccc1c32. The van der Waals surface area contributed by atoms with Crippen LogP contribution in [0, 0.1) is 0 Å². The average Bonchev–Trinajstić information content (AvgIpc) is 3.64. The number of aromatic nitrogens is 1. The molecule has 0 spiro atoms. The zero-order valence-corrected chi connectivity index (χ0v) is 28.6. The highest BCUT2D eigenvalue weighted by molar-refractivity contribution is 6.93. The molecule has 0 unspecified atom stereocenters. The van der Waals surface area contributed by atoms with Crippen molar-refractivity contribution < 1.29 is 0 Å². The minimum absolute atomic E-state index is 0.0180. The van der Waals surface area contributed by atoms with E-state index in [1.165, 1.54) is 72.1 Å². The van der Waals surface area contributed by atoms with Gasteiger partial charge in [0.2, 0.25) is 0 Å². The molecule has 0 N–H and O–H groups in total. The summed E-state index contributed by atoms with van der Waals surface area (Å²) in [5.41, 5.74) is 17.8. The Labute approximate surface area is 298 Å². The lowest BCUT2D eigenvalue weighted by Gasteiger charge is -2.43. The highest BCUT2D eigenvalue weighted by Gasteiger charge is 2.51. The smallest absolute Gasteiger partial charge is 0.333 e. The van der Waals surface area contributed by atoms with Gasteiger partial charge in [-0.05, 0) is 88.3 Å². The fraction of sp³-hybridized carbons (Fsp3) is 0.0638. The predicted octanol–water partition coefficient (Wildman–Crippen LogP) is 10.4. The molecule has 0 amide bonds. The van der Waals surface area contributed by atoms with E-state index in [0.717, 1.165) is 17.1 Å². The van der Waals surface area contributed by atoms with Crippen LogP contribution in [0.25, 0.3) is 38.8 Å². The Morgan fingerprint density at radius 3 is 1.94 bits per heavy atom. The standard InChI is InChI=1S/C47H34BN3/c1-47(2)39-25-13-12-22-36(39)46-43(47)37-24-15-27-42-44(37)48(51(46)33-20-10-5-11-21-33)40-26-14-23-35-38-30-34(28-29-41(38)50(42)45(35)40)49(31-16-6-3-7-17-31)32-18-8-4-9-19-32/h3-30H,1-2H3. The summed E-state index contributed by atoms with van der Waals surface area (Å²) in [6.07, 6.45) is 0. The Morgan fingerprint density at radius 2 is 1.20 bits per heavy atom. The van der Waals surface area contributed by atoms with Crippen molar-refractivity contribution in [3.05, 3.63) is 187 Å². The van der Waals surface area contributed by atoms with E-state index in [1.807, 2.05) is 0 Å². The zero-order chi connectivity index (χ0) is 33.8. The first-order chi connectivity index (χ1) is 25.1. The van der Waals surface area contributed by atoms with Crippen molar-refractivity contribution in [2.24, 2.45) is 0 Å². The molecule has 0 bridgehead atoms. The maximum absolute atomic E-state index is 2.66. The van der Waals surface area contributed by atoms with Gasteiger partial charge in [0, 0.05) is 55.9 Å². The van der Waals surface area contributed by atoms with Crippen molar-refractivity contribution in [1.29, 1.82) is 0 Å². The van der Waals surface area contributed by atoms with E-state index in [-0.39, 0.29) is 12.3 Å². The molecule has 1 aliphatic carbocycles. The van der Waals surface area contributed by atoms with Crippen molar-refractivity contribution in [3.63, 3.8) is 0 Å². The molecule has 8 aromatic rings. The number of anilines is 4. The Hall–Kier alpha value is -6.26. The fourth-order valence-electron chi connectivity index (χ4n) is 9.48. The van der Waals surface area contributed by atoms with E-state index in [9.17, 15) is 0 Å². The van der Waals surface area contributed by atoms with Crippen LogP contribution in [-0.4, -0.2) is 11.4 Å². The molecule has 2 aliphatic heterocycles. The summed E-state index contributed by atoms with van der Waals surface area (Å²) in [4.78, 5) is 5.02. The molecule has 3 nitrogen and oxygen atoms in total. The molecule has 11 rings (SSSR count). The van der Waals surface area contributed by atoms with Crippen LogP contribution in [0.5, 0.6) is 0 Å². The molecular weight excluding hydrogens is 617 g/mol. The minimum atomic E-state index is -0.155. The summed E-state index contributed by atoms with van der Waals surface area (Å²) in [7, 11) is 0. The van der Waals surface area contributed by atoms with Crippen LogP contribution in [0.15, 0.2) is 170 Å². The number of benzene rings is 7. The molecule has 1 aromatic heterocycles. The average molecular weight is 652 g/mol. The van der Waals surface area contributed by atoms with Gasteiger partial charge in [-0.2, -0.15) is 0 Å². The van der Waals surface area contributed by atoms with Gasteiger partial charge < -0.3 is 14.3 Å². The van der Waals surface area contributed by atoms with E-state index in [1.54, 1.807) is 0 Å². The van der Waals surface area contributed by atoms with Gasteiger partial charge in [0.05, 0.1) is 11.0 Å². The third-order valence-electron chi connectivity index (χ3n) is 11.5. The van der Waals surface area contributed by atoms with Crippen molar-refractivity contribution in [2.75, 3.05) is 9.71 Å². The van der Waals surface area contributed by atoms with Crippen LogP contribution in [-0.2, 0) is 5.41 Å². The quantitative estimate of drug-likeness (QED) is 0.176. The maximum Gasteiger partial charge on any atom is 0.333 e. The topological polar surface area (TPSA) is 11.4 Å². The van der Waals surface area contributed by atoms with Crippen molar-refractivity contribution in [2.45, 2.75) is 19.3 Å². The number of para-hydroxylation sites is 4. The third kappa shape index (κ3) is 3.79. The number of rotatable bonds is 4. The lowest BCUT2D eigenvalue weighted by Crippen LogP contribution is -2.62. The number of hydrogen-bond donors (Lipinski definition) is 0. The number of nitrogens with zero attached hydrogens (tertiary/aromatic N) is 3. The van der Waals surface area contributed by atoms with Gasteiger partial charge in [-0.3, -0.25) is 0 Å². The van der Waals surface area contributed by atoms with Crippen molar-refractivity contribution in [1.82, 2.24) is 4.57 Å². The van der Waals surface area contributed by atoms with E-state index >= 15 is 0 Å². The van der Waals surface area contributed by atoms with Crippen LogP contribution < -0.4 is 20.6 Å². The molecule has 0 saturated carbocycles. The number of hydrogen-bond acceptors (Lipinski definition) is 2. The molecule has 0 fully saturated rings. The van der Waals surface area contributed by atoms with E-state index < -0.39 is 0 Å². The number of fused-ring (bicyclic) bond motifs is 8. The Kier molecular flexibility index (Phi) is 5.82. The van der Waals surface area contributed by atoms with Gasteiger partial charge in [0.25, 0.3) is 0 Å².